The summed E-state index contributed by atoms with van der Waals surface area (Å²) >= 11 is 0. The molecule has 0 amide bonds. The average molecular weight is 322 g/mol. The van der Waals surface area contributed by atoms with Crippen LogP contribution in [-0.2, 0) is 0 Å². The number of hydrogen-bond acceptors (Lipinski definition) is 4. The first-order valence-corrected chi connectivity index (χ1v) is 6.87. The highest BCUT2D eigenvalue weighted by atomic mass is 16.4. The molecule has 0 atom stereocenters. The summed E-state index contributed by atoms with van der Waals surface area (Å²) in [5.41, 5.74) is 0.138. The number of aldehydes is 2. The molecule has 0 aromatic heterocycles. The van der Waals surface area contributed by atoms with Crippen molar-refractivity contribution in [3.05, 3.63) is 58.7 Å². The number of carbonyl (C=O) groups is 4. The van der Waals surface area contributed by atoms with Crippen LogP contribution in [0.5, 0.6) is 0 Å². The second-order valence-electron chi connectivity index (χ2n) is 5.27. The Labute approximate surface area is 134 Å². The molecule has 0 unspecified atom stereocenters. The van der Waals surface area contributed by atoms with Gasteiger partial charge in [0.1, 0.15) is 0 Å². The van der Waals surface area contributed by atoms with Gasteiger partial charge in [-0.05, 0) is 57.9 Å². The molecule has 6 heteroatoms. The van der Waals surface area contributed by atoms with Crippen LogP contribution in [0.4, 0.5) is 0 Å². The lowest BCUT2D eigenvalue weighted by molar-refractivity contribution is 0.0696. The van der Waals surface area contributed by atoms with E-state index in [1.165, 1.54) is 18.2 Å². The second-order valence-corrected chi connectivity index (χ2v) is 5.27. The zero-order valence-corrected chi connectivity index (χ0v) is 12.1. The van der Waals surface area contributed by atoms with Crippen LogP contribution in [0.25, 0.3) is 21.5 Å². The highest BCUT2D eigenvalue weighted by Crippen LogP contribution is 2.28. The standard InChI is InChI=1S/C18H10O6/c19-7-13-2-9-1-11-4-12(17(21)22)6-16(18(23)24)15(11)5-10(9)3-14(13)8-20/h1-8H,(H,21,22)(H,23,24). The Balaban J connectivity index is 2.45. The van der Waals surface area contributed by atoms with E-state index in [9.17, 15) is 24.3 Å². The van der Waals surface area contributed by atoms with Crippen LogP contribution >= 0.6 is 0 Å². The van der Waals surface area contributed by atoms with E-state index in [1.807, 2.05) is 0 Å². The molecule has 0 radical (unpaired) electrons. The maximum atomic E-state index is 11.5. The number of carbonyl (C=O) groups excluding carboxylic acids is 2. The van der Waals surface area contributed by atoms with Gasteiger partial charge in [0.05, 0.1) is 11.1 Å². The van der Waals surface area contributed by atoms with E-state index in [4.69, 9.17) is 5.11 Å². The number of hydrogen-bond donors (Lipinski definition) is 2. The normalized spacial score (nSPS) is 10.7. The van der Waals surface area contributed by atoms with Gasteiger partial charge in [-0.25, -0.2) is 9.59 Å². The van der Waals surface area contributed by atoms with Crippen molar-refractivity contribution in [1.82, 2.24) is 0 Å². The smallest absolute Gasteiger partial charge is 0.336 e. The van der Waals surface area contributed by atoms with Gasteiger partial charge < -0.3 is 10.2 Å². The van der Waals surface area contributed by atoms with Crippen molar-refractivity contribution in [3.63, 3.8) is 0 Å². The molecular weight excluding hydrogens is 312 g/mol. The first kappa shape index (κ1) is 15.4. The predicted molar refractivity (Wildman–Crippen MR) is 86.1 cm³/mol. The quantitative estimate of drug-likeness (QED) is 0.564. The van der Waals surface area contributed by atoms with Crippen molar-refractivity contribution in [1.29, 1.82) is 0 Å². The molecule has 24 heavy (non-hydrogen) atoms. The minimum atomic E-state index is -1.25. The molecule has 118 valence electrons. The van der Waals surface area contributed by atoms with Gasteiger partial charge in [-0.3, -0.25) is 9.59 Å². The lowest BCUT2D eigenvalue weighted by atomic mass is 9.95. The topological polar surface area (TPSA) is 109 Å². The van der Waals surface area contributed by atoms with E-state index in [0.29, 0.717) is 34.1 Å². The summed E-state index contributed by atoms with van der Waals surface area (Å²) in [6, 6.07) is 8.66. The Hall–Kier alpha value is -3.54. The Morgan fingerprint density at radius 2 is 1.29 bits per heavy atom. The van der Waals surface area contributed by atoms with Crippen LogP contribution in [0.2, 0.25) is 0 Å². The highest BCUT2D eigenvalue weighted by Gasteiger charge is 2.15. The minimum absolute atomic E-state index is 0.139. The summed E-state index contributed by atoms with van der Waals surface area (Å²) in [7, 11) is 0. The van der Waals surface area contributed by atoms with Gasteiger partial charge in [0.2, 0.25) is 0 Å². The SMILES string of the molecule is O=Cc1cc2cc3cc(C(=O)O)cc(C(=O)O)c3cc2cc1C=O. The first-order valence-electron chi connectivity index (χ1n) is 6.87. The van der Waals surface area contributed by atoms with Gasteiger partial charge >= 0.3 is 11.9 Å². The molecule has 3 aromatic carbocycles. The summed E-state index contributed by atoms with van der Waals surface area (Å²) in [6.45, 7) is 0. The molecule has 0 spiro atoms. The van der Waals surface area contributed by atoms with Gasteiger partial charge in [-0.2, -0.15) is 0 Å². The van der Waals surface area contributed by atoms with Crippen molar-refractivity contribution in [2.24, 2.45) is 0 Å². The Bertz CT molecular complexity index is 1050. The summed E-state index contributed by atoms with van der Waals surface area (Å²) in [4.78, 5) is 44.8. The second kappa shape index (κ2) is 5.58. The molecule has 0 aliphatic heterocycles. The molecule has 0 bridgehead atoms. The monoisotopic (exact) mass is 322 g/mol. The fraction of sp³-hybridized carbons (Fsp3) is 0. The van der Waals surface area contributed by atoms with Crippen molar-refractivity contribution >= 4 is 46.1 Å². The van der Waals surface area contributed by atoms with Crippen LogP contribution in [0.15, 0.2) is 36.4 Å². The first-order chi connectivity index (χ1) is 11.4. The zero-order chi connectivity index (χ0) is 17.4. The fourth-order valence-corrected chi connectivity index (χ4v) is 2.70. The van der Waals surface area contributed by atoms with Crippen molar-refractivity contribution in [2.45, 2.75) is 0 Å². The van der Waals surface area contributed by atoms with Crippen LogP contribution in [0, 0.1) is 0 Å². The van der Waals surface area contributed by atoms with Crippen LogP contribution < -0.4 is 0 Å². The van der Waals surface area contributed by atoms with Crippen molar-refractivity contribution in [3.8, 4) is 0 Å². The van der Waals surface area contributed by atoms with E-state index in [2.05, 4.69) is 0 Å². The van der Waals surface area contributed by atoms with Crippen LogP contribution in [0.1, 0.15) is 41.4 Å². The van der Waals surface area contributed by atoms with E-state index in [-0.39, 0.29) is 22.3 Å². The molecule has 0 aliphatic rings. The van der Waals surface area contributed by atoms with Gasteiger partial charge in [-0.1, -0.05) is 0 Å². The van der Waals surface area contributed by atoms with Crippen molar-refractivity contribution < 1.29 is 29.4 Å². The van der Waals surface area contributed by atoms with E-state index in [1.54, 1.807) is 12.1 Å². The summed E-state index contributed by atoms with van der Waals surface area (Å²) in [5.74, 6) is -2.48. The molecule has 0 saturated heterocycles. The van der Waals surface area contributed by atoms with E-state index >= 15 is 0 Å². The molecule has 3 aromatic rings. The van der Waals surface area contributed by atoms with E-state index < -0.39 is 11.9 Å². The molecule has 6 nitrogen and oxygen atoms in total. The molecule has 3 rings (SSSR count). The molecular formula is C18H10O6. The van der Waals surface area contributed by atoms with Gasteiger partial charge in [0.15, 0.2) is 12.6 Å². The third kappa shape index (κ3) is 2.40. The average Bonchev–Trinajstić information content (AvgIpc) is 2.57. The van der Waals surface area contributed by atoms with Crippen LogP contribution in [0.3, 0.4) is 0 Å². The predicted octanol–water partition coefficient (Wildman–Crippen LogP) is 3.01. The molecule has 0 heterocycles. The zero-order valence-electron chi connectivity index (χ0n) is 12.1. The number of carboxylic acid groups (broad SMARTS) is 2. The third-order valence-corrected chi connectivity index (χ3v) is 3.84. The minimum Gasteiger partial charge on any atom is -0.478 e. The third-order valence-electron chi connectivity index (χ3n) is 3.84. The summed E-state index contributed by atoms with van der Waals surface area (Å²) in [6.07, 6.45) is 1.11. The lowest BCUT2D eigenvalue weighted by Crippen LogP contribution is -2.03. The maximum Gasteiger partial charge on any atom is 0.336 e. The largest absolute Gasteiger partial charge is 0.478 e. The maximum absolute atomic E-state index is 11.5. The molecule has 0 saturated carbocycles. The Kier molecular flexibility index (Phi) is 3.57. The molecule has 0 fully saturated rings. The molecule has 0 aliphatic carbocycles. The number of carboxylic acids is 2. The highest BCUT2D eigenvalue weighted by molar-refractivity contribution is 6.12. The van der Waals surface area contributed by atoms with Crippen molar-refractivity contribution in [2.75, 3.05) is 0 Å². The van der Waals surface area contributed by atoms with Gasteiger partial charge in [0, 0.05) is 11.1 Å². The van der Waals surface area contributed by atoms with Crippen LogP contribution in [-0.4, -0.2) is 34.7 Å². The fourth-order valence-electron chi connectivity index (χ4n) is 2.70. The summed E-state index contributed by atoms with van der Waals surface area (Å²) in [5, 5.41) is 20.5. The number of benzene rings is 3. The molecule has 2 N–H and O–H groups in total. The lowest BCUT2D eigenvalue weighted by Gasteiger charge is -2.09. The summed E-state index contributed by atoms with van der Waals surface area (Å²) < 4.78 is 0. The number of aromatic carboxylic acids is 2. The number of fused-ring (bicyclic) bond motifs is 2. The number of rotatable bonds is 4. The Morgan fingerprint density at radius 1 is 0.708 bits per heavy atom. The Morgan fingerprint density at radius 3 is 1.79 bits per heavy atom. The van der Waals surface area contributed by atoms with Gasteiger partial charge in [-0.15, -0.1) is 0 Å². The van der Waals surface area contributed by atoms with E-state index in [0.717, 1.165) is 6.07 Å². The van der Waals surface area contributed by atoms with Gasteiger partial charge in [0.25, 0.3) is 0 Å².